The molecule has 22 heavy (non-hydrogen) atoms. The SMILES string of the molecule is O=C(CNc1ccc(Cl)c(Cl)c1)Nc1cccc([N+](=O)[O-])c1. The molecule has 0 spiro atoms. The third-order valence-electron chi connectivity index (χ3n) is 2.71. The molecule has 0 aliphatic heterocycles. The predicted octanol–water partition coefficient (Wildman–Crippen LogP) is 3.95. The number of amides is 1. The monoisotopic (exact) mass is 339 g/mol. The van der Waals surface area contributed by atoms with Crippen molar-refractivity contribution in [1.29, 1.82) is 0 Å². The lowest BCUT2D eigenvalue weighted by Gasteiger charge is -2.08. The fourth-order valence-corrected chi connectivity index (χ4v) is 1.99. The van der Waals surface area contributed by atoms with Crippen molar-refractivity contribution in [2.45, 2.75) is 0 Å². The summed E-state index contributed by atoms with van der Waals surface area (Å²) in [6, 6.07) is 10.6. The van der Waals surface area contributed by atoms with E-state index in [1.807, 2.05) is 0 Å². The molecule has 0 fully saturated rings. The molecule has 6 nitrogen and oxygen atoms in total. The van der Waals surface area contributed by atoms with Gasteiger partial charge in [-0.25, -0.2) is 0 Å². The van der Waals surface area contributed by atoms with Crippen molar-refractivity contribution in [3.8, 4) is 0 Å². The molecule has 2 aromatic carbocycles. The van der Waals surface area contributed by atoms with Gasteiger partial charge in [-0.1, -0.05) is 29.3 Å². The highest BCUT2D eigenvalue weighted by atomic mass is 35.5. The Morgan fingerprint density at radius 3 is 2.55 bits per heavy atom. The second kappa shape index (κ2) is 7.11. The summed E-state index contributed by atoms with van der Waals surface area (Å²) >= 11 is 11.7. The first-order chi connectivity index (χ1) is 10.5. The number of carbonyl (C=O) groups is 1. The van der Waals surface area contributed by atoms with Crippen molar-refractivity contribution in [1.82, 2.24) is 0 Å². The minimum atomic E-state index is -0.524. The summed E-state index contributed by atoms with van der Waals surface area (Å²) in [5.74, 6) is -0.341. The first-order valence-electron chi connectivity index (χ1n) is 6.19. The Labute approximate surface area is 136 Å². The maximum Gasteiger partial charge on any atom is 0.271 e. The van der Waals surface area contributed by atoms with Gasteiger partial charge in [0, 0.05) is 23.5 Å². The predicted molar refractivity (Wildman–Crippen MR) is 86.7 cm³/mol. The topological polar surface area (TPSA) is 84.3 Å². The van der Waals surface area contributed by atoms with E-state index in [2.05, 4.69) is 10.6 Å². The average molecular weight is 340 g/mol. The molecular weight excluding hydrogens is 329 g/mol. The summed E-state index contributed by atoms with van der Waals surface area (Å²) in [5, 5.41) is 16.9. The molecule has 0 saturated heterocycles. The van der Waals surface area contributed by atoms with Crippen molar-refractivity contribution in [3.63, 3.8) is 0 Å². The molecule has 0 aliphatic rings. The Balaban J connectivity index is 1.94. The summed E-state index contributed by atoms with van der Waals surface area (Å²) in [6.07, 6.45) is 0. The van der Waals surface area contributed by atoms with Crippen molar-refractivity contribution < 1.29 is 9.72 Å². The third kappa shape index (κ3) is 4.34. The fourth-order valence-electron chi connectivity index (χ4n) is 1.69. The Hall–Kier alpha value is -2.31. The standard InChI is InChI=1S/C14H11Cl2N3O3/c15-12-5-4-9(7-13(12)16)17-8-14(20)18-10-2-1-3-11(6-10)19(21)22/h1-7,17H,8H2,(H,18,20). The number of non-ortho nitro benzene ring substituents is 1. The first kappa shape index (κ1) is 16.1. The molecule has 0 aliphatic carbocycles. The summed E-state index contributed by atoms with van der Waals surface area (Å²) in [6.45, 7) is -0.0132. The second-order valence-electron chi connectivity index (χ2n) is 4.34. The number of nitrogens with zero attached hydrogens (tertiary/aromatic N) is 1. The maximum atomic E-state index is 11.8. The number of hydrogen-bond donors (Lipinski definition) is 2. The van der Waals surface area contributed by atoms with Crippen LogP contribution in [0.15, 0.2) is 42.5 Å². The lowest BCUT2D eigenvalue weighted by molar-refractivity contribution is -0.384. The normalized spacial score (nSPS) is 10.1. The lowest BCUT2D eigenvalue weighted by Crippen LogP contribution is -2.21. The molecule has 0 saturated carbocycles. The van der Waals surface area contributed by atoms with Crippen LogP contribution in [0.4, 0.5) is 17.1 Å². The van der Waals surface area contributed by atoms with Crippen LogP contribution in [0.2, 0.25) is 10.0 Å². The largest absolute Gasteiger partial charge is 0.376 e. The van der Waals surface area contributed by atoms with E-state index in [4.69, 9.17) is 23.2 Å². The number of carbonyl (C=O) groups excluding carboxylic acids is 1. The van der Waals surface area contributed by atoms with Gasteiger partial charge in [0.05, 0.1) is 21.5 Å². The van der Waals surface area contributed by atoms with E-state index in [0.29, 0.717) is 21.4 Å². The van der Waals surface area contributed by atoms with Crippen LogP contribution in [0.25, 0.3) is 0 Å². The number of anilines is 2. The molecule has 0 radical (unpaired) electrons. The molecular formula is C14H11Cl2N3O3. The number of halogens is 2. The molecule has 114 valence electrons. The van der Waals surface area contributed by atoms with Gasteiger partial charge in [-0.15, -0.1) is 0 Å². The fraction of sp³-hybridized carbons (Fsp3) is 0.0714. The quantitative estimate of drug-likeness (QED) is 0.637. The minimum absolute atomic E-state index is 0.0132. The number of nitro benzene ring substituents is 1. The molecule has 0 heterocycles. The molecule has 2 N–H and O–H groups in total. The zero-order chi connectivity index (χ0) is 16.1. The average Bonchev–Trinajstić information content (AvgIpc) is 2.49. The Morgan fingerprint density at radius 2 is 1.86 bits per heavy atom. The van der Waals surface area contributed by atoms with Gasteiger partial charge in [-0.2, -0.15) is 0 Å². The highest BCUT2D eigenvalue weighted by molar-refractivity contribution is 6.42. The number of nitrogens with one attached hydrogen (secondary N) is 2. The van der Waals surface area contributed by atoms with Gasteiger partial charge in [0.1, 0.15) is 0 Å². The Morgan fingerprint density at radius 1 is 1.09 bits per heavy atom. The van der Waals surface area contributed by atoms with Gasteiger partial charge in [0.2, 0.25) is 5.91 Å². The zero-order valence-electron chi connectivity index (χ0n) is 11.2. The van der Waals surface area contributed by atoms with Crippen molar-refractivity contribution >= 4 is 46.2 Å². The van der Waals surface area contributed by atoms with E-state index in [0.717, 1.165) is 0 Å². The van der Waals surface area contributed by atoms with Crippen LogP contribution in [0, 0.1) is 10.1 Å². The Kier molecular flexibility index (Phi) is 5.19. The molecule has 0 atom stereocenters. The summed E-state index contributed by atoms with van der Waals surface area (Å²) in [4.78, 5) is 22.0. The van der Waals surface area contributed by atoms with E-state index in [-0.39, 0.29) is 18.1 Å². The number of benzene rings is 2. The smallest absolute Gasteiger partial charge is 0.271 e. The molecule has 0 aromatic heterocycles. The van der Waals surface area contributed by atoms with E-state index in [9.17, 15) is 14.9 Å². The number of rotatable bonds is 5. The van der Waals surface area contributed by atoms with Crippen LogP contribution in [0.1, 0.15) is 0 Å². The van der Waals surface area contributed by atoms with E-state index >= 15 is 0 Å². The van der Waals surface area contributed by atoms with Gasteiger partial charge in [-0.05, 0) is 24.3 Å². The molecule has 2 aromatic rings. The highest BCUT2D eigenvalue weighted by Gasteiger charge is 2.08. The van der Waals surface area contributed by atoms with Crippen molar-refractivity contribution in [2.24, 2.45) is 0 Å². The van der Waals surface area contributed by atoms with E-state index in [1.165, 1.54) is 18.2 Å². The van der Waals surface area contributed by atoms with Crippen LogP contribution in [0.5, 0.6) is 0 Å². The second-order valence-corrected chi connectivity index (χ2v) is 5.15. The molecule has 2 rings (SSSR count). The van der Waals surface area contributed by atoms with Gasteiger partial charge < -0.3 is 10.6 Å². The zero-order valence-corrected chi connectivity index (χ0v) is 12.7. The van der Waals surface area contributed by atoms with Crippen LogP contribution in [0.3, 0.4) is 0 Å². The van der Waals surface area contributed by atoms with E-state index < -0.39 is 4.92 Å². The summed E-state index contributed by atoms with van der Waals surface area (Å²) < 4.78 is 0. The number of nitro groups is 1. The van der Waals surface area contributed by atoms with Crippen molar-refractivity contribution in [2.75, 3.05) is 17.2 Å². The molecule has 1 amide bonds. The maximum absolute atomic E-state index is 11.8. The van der Waals surface area contributed by atoms with Gasteiger partial charge in [0.15, 0.2) is 0 Å². The summed E-state index contributed by atoms with van der Waals surface area (Å²) in [7, 11) is 0. The third-order valence-corrected chi connectivity index (χ3v) is 3.45. The highest BCUT2D eigenvalue weighted by Crippen LogP contribution is 2.24. The van der Waals surface area contributed by atoms with Gasteiger partial charge in [0.25, 0.3) is 5.69 Å². The van der Waals surface area contributed by atoms with Gasteiger partial charge >= 0.3 is 0 Å². The summed E-state index contributed by atoms with van der Waals surface area (Å²) in [5.41, 5.74) is 0.911. The van der Waals surface area contributed by atoms with Crippen LogP contribution >= 0.6 is 23.2 Å². The van der Waals surface area contributed by atoms with Crippen LogP contribution in [-0.4, -0.2) is 17.4 Å². The molecule has 0 unspecified atom stereocenters. The first-order valence-corrected chi connectivity index (χ1v) is 6.94. The van der Waals surface area contributed by atoms with Crippen molar-refractivity contribution in [3.05, 3.63) is 62.6 Å². The van der Waals surface area contributed by atoms with Crippen LogP contribution < -0.4 is 10.6 Å². The minimum Gasteiger partial charge on any atom is -0.376 e. The molecule has 8 heteroatoms. The lowest BCUT2D eigenvalue weighted by atomic mass is 10.3. The molecule has 0 bridgehead atoms. The van der Waals surface area contributed by atoms with Gasteiger partial charge in [-0.3, -0.25) is 14.9 Å². The van der Waals surface area contributed by atoms with Crippen LogP contribution in [-0.2, 0) is 4.79 Å². The Bertz CT molecular complexity index is 722. The van der Waals surface area contributed by atoms with E-state index in [1.54, 1.807) is 24.3 Å². The number of hydrogen-bond acceptors (Lipinski definition) is 4.